The van der Waals surface area contributed by atoms with Gasteiger partial charge in [-0.05, 0) is 77.0 Å². The lowest BCUT2D eigenvalue weighted by Gasteiger charge is -2.28. The van der Waals surface area contributed by atoms with E-state index >= 15 is 0 Å². The molecule has 2 atom stereocenters. The summed E-state index contributed by atoms with van der Waals surface area (Å²) in [5.41, 5.74) is 0. The summed E-state index contributed by atoms with van der Waals surface area (Å²) in [5.74, 6) is -0.818. The Morgan fingerprint density at radius 2 is 0.675 bits per heavy atom. The maximum atomic E-state index is 12.9. The van der Waals surface area contributed by atoms with Gasteiger partial charge in [-0.15, -0.1) is 0 Å². The molecule has 0 radical (unpaired) electrons. The Labute approximate surface area is 496 Å². The van der Waals surface area contributed by atoms with E-state index in [0.29, 0.717) is 17.4 Å². The number of phosphoric acid groups is 1. The van der Waals surface area contributed by atoms with Gasteiger partial charge in [-0.3, -0.25) is 14.2 Å². The molecule has 0 N–H and O–H groups in total. The molecule has 0 aromatic rings. The minimum absolute atomic E-state index is 0.0296. The SMILES string of the molecule is CCCCCCC/C=C\C/C=C\C/C=C\CCCCCCCCCCCCCCCCCCC(=O)OC(COC(=O)CCCCCCCCCCCCCCC/C=C\CCCCCCCCCC)COP(=O)([O-])OCC[N+](C)(C)C. The fraction of sp³-hybridized carbons (Fsp3) is 0.857. The van der Waals surface area contributed by atoms with Crippen molar-refractivity contribution >= 4 is 19.8 Å². The summed E-state index contributed by atoms with van der Waals surface area (Å²) in [7, 11) is 1.18. The molecule has 2 unspecified atom stereocenters. The minimum Gasteiger partial charge on any atom is -0.756 e. The fourth-order valence-electron chi connectivity index (χ4n) is 10.0. The van der Waals surface area contributed by atoms with Gasteiger partial charge < -0.3 is 27.9 Å². The summed E-state index contributed by atoms with van der Waals surface area (Å²) in [6.07, 6.45) is 79.0. The lowest BCUT2D eigenvalue weighted by Crippen LogP contribution is -2.37. The van der Waals surface area contributed by atoms with E-state index in [1.807, 2.05) is 21.1 Å². The average molecular weight is 1150 g/mol. The Kier molecular flexibility index (Phi) is 60.0. The van der Waals surface area contributed by atoms with E-state index in [1.165, 1.54) is 250 Å². The number of carbonyl (C=O) groups excluding carboxylic acids is 2. The first-order valence-electron chi connectivity index (χ1n) is 34.3. The Balaban J connectivity index is 4.03. The van der Waals surface area contributed by atoms with Crippen molar-refractivity contribution in [1.82, 2.24) is 0 Å². The first-order chi connectivity index (χ1) is 39.0. The van der Waals surface area contributed by atoms with Gasteiger partial charge in [0.1, 0.15) is 19.8 Å². The van der Waals surface area contributed by atoms with E-state index in [-0.39, 0.29) is 32.0 Å². The number of phosphoric ester groups is 1. The quantitative estimate of drug-likeness (QED) is 0.0195. The van der Waals surface area contributed by atoms with Gasteiger partial charge in [0.2, 0.25) is 0 Å². The summed E-state index contributed by atoms with van der Waals surface area (Å²) in [4.78, 5) is 38.0. The van der Waals surface area contributed by atoms with E-state index in [4.69, 9.17) is 18.5 Å². The Morgan fingerprint density at radius 1 is 0.388 bits per heavy atom. The first-order valence-corrected chi connectivity index (χ1v) is 35.8. The van der Waals surface area contributed by atoms with Gasteiger partial charge in [0.15, 0.2) is 6.10 Å². The predicted octanol–water partition coefficient (Wildman–Crippen LogP) is 21.4. The van der Waals surface area contributed by atoms with Gasteiger partial charge >= 0.3 is 11.9 Å². The van der Waals surface area contributed by atoms with Crippen molar-refractivity contribution in [3.05, 3.63) is 48.6 Å². The van der Waals surface area contributed by atoms with Crippen LogP contribution < -0.4 is 4.89 Å². The monoisotopic (exact) mass is 1150 g/mol. The molecule has 0 saturated carbocycles. The summed E-state index contributed by atoms with van der Waals surface area (Å²) in [6.45, 7) is 4.28. The molecule has 0 bridgehead atoms. The number of rotatable bonds is 64. The highest BCUT2D eigenvalue weighted by molar-refractivity contribution is 7.45. The zero-order chi connectivity index (χ0) is 58.4. The van der Waals surface area contributed by atoms with E-state index < -0.39 is 26.5 Å². The number of hydrogen-bond donors (Lipinski definition) is 0. The van der Waals surface area contributed by atoms with Crippen molar-refractivity contribution in [3.63, 3.8) is 0 Å². The van der Waals surface area contributed by atoms with Gasteiger partial charge in [0, 0.05) is 12.8 Å². The number of esters is 2. The van der Waals surface area contributed by atoms with Crippen molar-refractivity contribution in [1.29, 1.82) is 0 Å². The van der Waals surface area contributed by atoms with Crippen LogP contribution in [0.15, 0.2) is 48.6 Å². The van der Waals surface area contributed by atoms with Gasteiger partial charge in [0.25, 0.3) is 7.82 Å². The number of hydrogen-bond acceptors (Lipinski definition) is 8. The second-order valence-electron chi connectivity index (χ2n) is 24.5. The van der Waals surface area contributed by atoms with Crippen LogP contribution in [0.2, 0.25) is 0 Å². The molecule has 0 amide bonds. The van der Waals surface area contributed by atoms with Crippen LogP contribution in [0, 0.1) is 0 Å². The molecule has 0 aromatic carbocycles. The molecule has 80 heavy (non-hydrogen) atoms. The number of unbranched alkanes of at least 4 members (excludes halogenated alkanes) is 42. The Bertz CT molecular complexity index is 1490. The number of carbonyl (C=O) groups is 2. The molecule has 0 heterocycles. The summed E-state index contributed by atoms with van der Waals surface area (Å²) >= 11 is 0. The third kappa shape index (κ3) is 65.1. The van der Waals surface area contributed by atoms with Crippen molar-refractivity contribution in [3.8, 4) is 0 Å². The van der Waals surface area contributed by atoms with Crippen LogP contribution in [0.25, 0.3) is 0 Å². The number of ether oxygens (including phenoxy) is 2. The highest BCUT2D eigenvalue weighted by Crippen LogP contribution is 2.38. The van der Waals surface area contributed by atoms with Gasteiger partial charge in [-0.1, -0.05) is 294 Å². The highest BCUT2D eigenvalue weighted by Gasteiger charge is 2.22. The van der Waals surface area contributed by atoms with Crippen molar-refractivity contribution in [2.45, 2.75) is 341 Å². The Morgan fingerprint density at radius 3 is 1.01 bits per heavy atom. The molecule has 0 aliphatic rings. The smallest absolute Gasteiger partial charge is 0.306 e. The minimum atomic E-state index is -4.64. The second kappa shape index (κ2) is 61.5. The molecule has 470 valence electrons. The van der Waals surface area contributed by atoms with Crippen LogP contribution in [0.4, 0.5) is 0 Å². The predicted molar refractivity (Wildman–Crippen MR) is 342 cm³/mol. The molecule has 0 aliphatic heterocycles. The van der Waals surface area contributed by atoms with Crippen LogP contribution >= 0.6 is 7.82 Å². The number of nitrogens with zero attached hydrogens (tertiary/aromatic N) is 1. The van der Waals surface area contributed by atoms with Crippen LogP contribution in [0.1, 0.15) is 335 Å². The molecule has 0 spiro atoms. The fourth-order valence-corrected chi connectivity index (χ4v) is 10.7. The van der Waals surface area contributed by atoms with Gasteiger partial charge in [0.05, 0.1) is 27.7 Å². The maximum Gasteiger partial charge on any atom is 0.306 e. The van der Waals surface area contributed by atoms with Crippen LogP contribution in [-0.4, -0.2) is 70.0 Å². The lowest BCUT2D eigenvalue weighted by atomic mass is 10.0. The molecule has 9 nitrogen and oxygen atoms in total. The molecule has 0 aliphatic carbocycles. The van der Waals surface area contributed by atoms with Crippen LogP contribution in [0.5, 0.6) is 0 Å². The largest absolute Gasteiger partial charge is 0.756 e. The molecule has 10 heteroatoms. The van der Waals surface area contributed by atoms with Crippen molar-refractivity contribution in [2.24, 2.45) is 0 Å². The zero-order valence-corrected chi connectivity index (χ0v) is 54.4. The second-order valence-corrected chi connectivity index (χ2v) is 25.9. The first kappa shape index (κ1) is 78.0. The molecular formula is C70H132NO8P. The summed E-state index contributed by atoms with van der Waals surface area (Å²) < 4.78 is 34.3. The van der Waals surface area contributed by atoms with Crippen molar-refractivity contribution in [2.75, 3.05) is 47.5 Å². The maximum absolute atomic E-state index is 12.9. The van der Waals surface area contributed by atoms with Crippen LogP contribution in [0.3, 0.4) is 0 Å². The molecule has 0 fully saturated rings. The summed E-state index contributed by atoms with van der Waals surface area (Å²) in [6, 6.07) is 0. The zero-order valence-electron chi connectivity index (χ0n) is 53.5. The van der Waals surface area contributed by atoms with E-state index in [0.717, 1.165) is 51.4 Å². The third-order valence-electron chi connectivity index (χ3n) is 15.3. The van der Waals surface area contributed by atoms with E-state index in [9.17, 15) is 19.0 Å². The Hall–Kier alpha value is -2.03. The molecular weight excluding hydrogens is 1010 g/mol. The third-order valence-corrected chi connectivity index (χ3v) is 16.3. The molecule has 0 aromatic heterocycles. The number of quaternary nitrogens is 1. The topological polar surface area (TPSA) is 111 Å². The number of likely N-dealkylation sites (N-methyl/N-ethyl adjacent to an activating group) is 1. The summed E-state index contributed by atoms with van der Waals surface area (Å²) in [5, 5.41) is 0. The van der Waals surface area contributed by atoms with E-state index in [2.05, 4.69) is 62.5 Å². The average Bonchev–Trinajstić information content (AvgIpc) is 3.42. The van der Waals surface area contributed by atoms with Gasteiger partial charge in [-0.25, -0.2) is 0 Å². The standard InChI is InChI=1S/C70H132NO8P/c1-6-8-10-12-14-16-18-20-22-24-26-28-30-32-33-34-35-36-37-39-41-43-45-47-49-51-53-55-57-59-61-63-70(73)79-68(67-78-80(74,75)77-65-64-71(3,4)5)66-76-69(72)62-60-58-56-54-52-50-48-46-44-42-40-38-31-29-27-25-23-21-19-17-15-13-11-9-7-2/h18,20,24-27,30,32,68H,6-17,19,21-23,28-29,31,33-67H2,1-5H3/b20-18-,26-24-,27-25-,32-30-. The molecule has 0 rings (SSSR count). The van der Waals surface area contributed by atoms with E-state index in [1.54, 1.807) is 0 Å². The normalized spacial score (nSPS) is 13.4. The van der Waals surface area contributed by atoms with Crippen molar-refractivity contribution < 1.29 is 42.1 Å². The lowest BCUT2D eigenvalue weighted by molar-refractivity contribution is -0.870. The van der Waals surface area contributed by atoms with Gasteiger partial charge in [-0.2, -0.15) is 0 Å². The molecule has 0 saturated heterocycles. The number of allylic oxidation sites excluding steroid dienone is 8. The highest BCUT2D eigenvalue weighted by atomic mass is 31.2. The van der Waals surface area contributed by atoms with Crippen LogP contribution in [-0.2, 0) is 32.7 Å².